The highest BCUT2D eigenvalue weighted by Gasteiger charge is 2.64. The summed E-state index contributed by atoms with van der Waals surface area (Å²) in [6, 6.07) is 20.3. The van der Waals surface area contributed by atoms with Gasteiger partial charge >= 0.3 is 0 Å². The number of carbonyl (C=O) groups is 3. The summed E-state index contributed by atoms with van der Waals surface area (Å²) in [7, 11) is 0. The maximum Gasteiger partial charge on any atom is 0.270 e. The summed E-state index contributed by atoms with van der Waals surface area (Å²) in [5, 5.41) is 11.3. The van der Waals surface area contributed by atoms with Crippen LogP contribution in [0, 0.1) is 22.0 Å². The zero-order valence-electron chi connectivity index (χ0n) is 18.4. The van der Waals surface area contributed by atoms with Crippen LogP contribution in [-0.2, 0) is 9.59 Å². The molecule has 0 aliphatic carbocycles. The number of Topliss-reactive ketones (excluding diaryl/α,β-unsaturated/α-hetero) is 1. The van der Waals surface area contributed by atoms with Crippen LogP contribution in [0.15, 0.2) is 85.1 Å². The minimum absolute atomic E-state index is 0.134. The summed E-state index contributed by atoms with van der Waals surface area (Å²) in [5.74, 6) is -2.89. The first-order valence-corrected chi connectivity index (χ1v) is 11.2. The van der Waals surface area contributed by atoms with E-state index in [1.165, 1.54) is 29.2 Å². The number of anilines is 1. The normalized spacial score (nSPS) is 24.2. The van der Waals surface area contributed by atoms with E-state index in [1.807, 2.05) is 30.3 Å². The van der Waals surface area contributed by atoms with Gasteiger partial charge in [-0.15, -0.1) is 0 Å². The fourth-order valence-corrected chi connectivity index (χ4v) is 5.63. The van der Waals surface area contributed by atoms with Crippen molar-refractivity contribution in [3.05, 3.63) is 112 Å². The Morgan fingerprint density at radius 1 is 0.857 bits per heavy atom. The Hall–Kier alpha value is -4.59. The number of nitro groups is 1. The lowest BCUT2D eigenvalue weighted by Gasteiger charge is -2.35. The molecule has 0 aromatic heterocycles. The number of carbonyl (C=O) groups excluding carboxylic acids is 3. The van der Waals surface area contributed by atoms with Crippen molar-refractivity contribution in [2.75, 3.05) is 4.90 Å². The fourth-order valence-electron chi connectivity index (χ4n) is 5.63. The molecule has 0 radical (unpaired) electrons. The molecular formula is C27H19N3O5. The van der Waals surface area contributed by atoms with E-state index in [9.17, 15) is 24.5 Å². The number of hydrogen-bond donors (Lipinski definition) is 0. The quantitative estimate of drug-likeness (QED) is 0.250. The number of ketones is 1. The summed E-state index contributed by atoms with van der Waals surface area (Å²) < 4.78 is 0. The molecule has 2 saturated heterocycles. The van der Waals surface area contributed by atoms with E-state index in [2.05, 4.69) is 0 Å². The highest BCUT2D eigenvalue weighted by molar-refractivity contribution is 6.24. The largest absolute Gasteiger partial charge is 0.358 e. The van der Waals surface area contributed by atoms with Crippen molar-refractivity contribution in [2.24, 2.45) is 11.8 Å². The van der Waals surface area contributed by atoms with E-state index >= 15 is 0 Å². The topological polar surface area (TPSA) is 101 Å². The van der Waals surface area contributed by atoms with Crippen molar-refractivity contribution in [1.29, 1.82) is 0 Å². The smallest absolute Gasteiger partial charge is 0.270 e. The summed E-state index contributed by atoms with van der Waals surface area (Å²) in [4.78, 5) is 55.1. The molecule has 0 spiro atoms. The van der Waals surface area contributed by atoms with Gasteiger partial charge in [0, 0.05) is 23.9 Å². The first-order chi connectivity index (χ1) is 17.0. The monoisotopic (exact) mass is 465 g/mol. The van der Waals surface area contributed by atoms with Crippen LogP contribution in [0.5, 0.6) is 0 Å². The summed E-state index contributed by atoms with van der Waals surface area (Å²) >= 11 is 0. The van der Waals surface area contributed by atoms with Crippen LogP contribution in [0.1, 0.15) is 27.5 Å². The molecule has 1 unspecified atom stereocenters. The highest BCUT2D eigenvalue weighted by Crippen LogP contribution is 2.53. The molecular weight excluding hydrogens is 446 g/mol. The van der Waals surface area contributed by atoms with Gasteiger partial charge in [0.15, 0.2) is 5.78 Å². The van der Waals surface area contributed by atoms with Gasteiger partial charge in [-0.25, -0.2) is 4.90 Å². The molecule has 3 heterocycles. The minimum Gasteiger partial charge on any atom is -0.358 e. The van der Waals surface area contributed by atoms with Gasteiger partial charge in [-0.1, -0.05) is 54.6 Å². The van der Waals surface area contributed by atoms with Gasteiger partial charge in [0.2, 0.25) is 11.8 Å². The molecule has 3 aliphatic rings. The van der Waals surface area contributed by atoms with Gasteiger partial charge in [-0.3, -0.25) is 24.5 Å². The maximum absolute atomic E-state index is 13.8. The fraction of sp³-hybridized carbons (Fsp3) is 0.148. The molecule has 0 N–H and O–H groups in total. The first-order valence-electron chi connectivity index (χ1n) is 11.2. The minimum atomic E-state index is -0.971. The first kappa shape index (κ1) is 21.0. The van der Waals surface area contributed by atoms with Crippen LogP contribution in [0.3, 0.4) is 0 Å². The van der Waals surface area contributed by atoms with E-state index in [-0.39, 0.29) is 17.2 Å². The molecule has 4 atom stereocenters. The summed E-state index contributed by atoms with van der Waals surface area (Å²) in [6.45, 7) is 0. The van der Waals surface area contributed by atoms with E-state index in [1.54, 1.807) is 41.4 Å². The summed E-state index contributed by atoms with van der Waals surface area (Å²) in [5.41, 5.74) is 2.19. The second-order valence-electron chi connectivity index (χ2n) is 8.85. The number of amides is 2. The molecule has 2 fully saturated rings. The molecule has 3 aromatic rings. The van der Waals surface area contributed by atoms with E-state index in [4.69, 9.17) is 0 Å². The van der Waals surface area contributed by atoms with Gasteiger partial charge in [0.25, 0.3) is 5.69 Å². The Balaban J connectivity index is 1.50. The Morgan fingerprint density at radius 2 is 1.57 bits per heavy atom. The van der Waals surface area contributed by atoms with Crippen LogP contribution in [0.4, 0.5) is 11.4 Å². The molecule has 8 nitrogen and oxygen atoms in total. The Kier molecular flexibility index (Phi) is 4.63. The van der Waals surface area contributed by atoms with Crippen molar-refractivity contribution in [3.8, 4) is 0 Å². The average Bonchev–Trinajstić information content (AvgIpc) is 3.36. The van der Waals surface area contributed by atoms with Gasteiger partial charge < -0.3 is 4.90 Å². The van der Waals surface area contributed by atoms with Gasteiger partial charge in [-0.2, -0.15) is 0 Å². The lowest BCUT2D eigenvalue weighted by Crippen LogP contribution is -2.44. The molecule has 35 heavy (non-hydrogen) atoms. The number of nitro benzene ring substituents is 1. The number of non-ortho nitro benzene ring substituents is 1. The van der Waals surface area contributed by atoms with Crippen LogP contribution >= 0.6 is 0 Å². The molecule has 172 valence electrons. The van der Waals surface area contributed by atoms with Crippen molar-refractivity contribution >= 4 is 35.0 Å². The number of hydrogen-bond acceptors (Lipinski definition) is 6. The molecule has 3 aromatic carbocycles. The van der Waals surface area contributed by atoms with Gasteiger partial charge in [0.1, 0.15) is 6.04 Å². The lowest BCUT2D eigenvalue weighted by molar-refractivity contribution is -0.384. The summed E-state index contributed by atoms with van der Waals surface area (Å²) in [6.07, 6.45) is 3.63. The molecule has 6 rings (SSSR count). The number of nitrogens with zero attached hydrogens (tertiary/aromatic N) is 3. The van der Waals surface area contributed by atoms with Crippen molar-refractivity contribution in [3.63, 3.8) is 0 Å². The Labute approximate surface area is 200 Å². The number of benzene rings is 3. The number of imide groups is 1. The lowest BCUT2D eigenvalue weighted by atomic mass is 9.83. The van der Waals surface area contributed by atoms with Crippen molar-refractivity contribution in [1.82, 2.24) is 4.90 Å². The van der Waals surface area contributed by atoms with E-state index in [0.717, 1.165) is 11.1 Å². The van der Waals surface area contributed by atoms with Gasteiger partial charge in [0.05, 0.1) is 28.5 Å². The van der Waals surface area contributed by atoms with Crippen molar-refractivity contribution in [2.45, 2.75) is 12.1 Å². The SMILES string of the molecule is O=C(c1cccc([N+](=O)[O-])c1)[C@@H]1[C@@H]2C(=O)N(c3ccccc3)C(=O)[C@@H]2C2c3ccccc3C=CN21. The second kappa shape index (κ2) is 7.73. The molecule has 0 bridgehead atoms. The van der Waals surface area contributed by atoms with E-state index < -0.39 is 40.5 Å². The Bertz CT molecular complexity index is 1430. The number of fused-ring (bicyclic) bond motifs is 5. The molecule has 2 amide bonds. The standard InChI is InChI=1S/C27H19N3O5/c31-25(17-8-6-11-19(15-17)30(34)35)24-22-21(23-20-12-5-4-7-16(20)13-14-28(23)24)26(32)29(27(22)33)18-9-2-1-3-10-18/h1-15,21-24H/t21-,22+,23?,24-/m0/s1. The van der Waals surface area contributed by atoms with Gasteiger partial charge in [-0.05, 0) is 29.3 Å². The second-order valence-corrected chi connectivity index (χ2v) is 8.85. The predicted molar refractivity (Wildman–Crippen MR) is 127 cm³/mol. The van der Waals surface area contributed by atoms with Crippen LogP contribution < -0.4 is 4.90 Å². The molecule has 0 saturated carbocycles. The predicted octanol–water partition coefficient (Wildman–Crippen LogP) is 3.99. The number of rotatable bonds is 4. The molecule has 8 heteroatoms. The van der Waals surface area contributed by atoms with Crippen LogP contribution in [0.2, 0.25) is 0 Å². The third kappa shape index (κ3) is 3.03. The zero-order chi connectivity index (χ0) is 24.3. The van der Waals surface area contributed by atoms with E-state index in [0.29, 0.717) is 5.69 Å². The third-order valence-electron chi connectivity index (χ3n) is 7.09. The molecule has 3 aliphatic heterocycles. The number of para-hydroxylation sites is 1. The third-order valence-corrected chi connectivity index (χ3v) is 7.09. The van der Waals surface area contributed by atoms with Crippen molar-refractivity contribution < 1.29 is 19.3 Å². The average molecular weight is 465 g/mol. The zero-order valence-corrected chi connectivity index (χ0v) is 18.4. The van der Waals surface area contributed by atoms with Crippen LogP contribution in [0.25, 0.3) is 6.08 Å². The van der Waals surface area contributed by atoms with Crippen LogP contribution in [-0.4, -0.2) is 33.5 Å². The maximum atomic E-state index is 13.8. The highest BCUT2D eigenvalue weighted by atomic mass is 16.6. The Morgan fingerprint density at radius 3 is 2.34 bits per heavy atom.